The van der Waals surface area contributed by atoms with Crippen molar-refractivity contribution in [2.75, 3.05) is 18.5 Å². The van der Waals surface area contributed by atoms with Gasteiger partial charge < -0.3 is 20.2 Å². The predicted octanol–water partition coefficient (Wildman–Crippen LogP) is 2.82. The van der Waals surface area contributed by atoms with Gasteiger partial charge in [0.05, 0.1) is 28.8 Å². The Morgan fingerprint density at radius 2 is 2.00 bits per heavy atom. The van der Waals surface area contributed by atoms with E-state index in [1.54, 1.807) is 32.0 Å². The molecule has 0 spiro atoms. The molecule has 9 heteroatoms. The van der Waals surface area contributed by atoms with Crippen molar-refractivity contribution in [3.8, 4) is 0 Å². The maximum Gasteiger partial charge on any atom is 0.341 e. The lowest BCUT2D eigenvalue weighted by Gasteiger charge is -2.24. The highest BCUT2D eigenvalue weighted by atomic mass is 32.2. The summed E-state index contributed by atoms with van der Waals surface area (Å²) in [5.74, 6) is -0.658. The van der Waals surface area contributed by atoms with Crippen molar-refractivity contribution < 1.29 is 24.0 Å². The SMILES string of the molecule is CCOC(=O)c1c(NC(=O)[C@H](C)Sc2cccc[n+]2[O-])sc2c1CC[NH+](Cc1ccccc1)C2. The van der Waals surface area contributed by atoms with Gasteiger partial charge in [0.25, 0.3) is 5.03 Å². The smallest absolute Gasteiger partial charge is 0.341 e. The molecule has 178 valence electrons. The van der Waals surface area contributed by atoms with Gasteiger partial charge in [0.15, 0.2) is 6.20 Å². The molecule has 0 fully saturated rings. The highest BCUT2D eigenvalue weighted by Gasteiger charge is 2.32. The molecule has 0 saturated heterocycles. The number of thioether (sulfide) groups is 1. The van der Waals surface area contributed by atoms with E-state index in [-0.39, 0.29) is 12.5 Å². The Balaban J connectivity index is 1.53. The predicted molar refractivity (Wildman–Crippen MR) is 133 cm³/mol. The van der Waals surface area contributed by atoms with Crippen LogP contribution in [0.15, 0.2) is 59.8 Å². The number of thiophene rings is 1. The fourth-order valence-electron chi connectivity index (χ4n) is 4.03. The van der Waals surface area contributed by atoms with Gasteiger partial charge in [-0.25, -0.2) is 4.79 Å². The number of nitrogens with one attached hydrogen (secondary N) is 2. The van der Waals surface area contributed by atoms with Crippen molar-refractivity contribution in [2.45, 2.75) is 43.6 Å². The maximum absolute atomic E-state index is 13.0. The largest absolute Gasteiger partial charge is 0.618 e. The third kappa shape index (κ3) is 5.60. The Bertz CT molecular complexity index is 1170. The number of pyridine rings is 1. The molecule has 0 saturated carbocycles. The first-order valence-corrected chi connectivity index (χ1v) is 13.0. The molecule has 3 aromatic rings. The number of esters is 1. The first-order chi connectivity index (χ1) is 16.5. The summed E-state index contributed by atoms with van der Waals surface area (Å²) >= 11 is 2.64. The summed E-state index contributed by atoms with van der Waals surface area (Å²) in [6.07, 6.45) is 2.16. The van der Waals surface area contributed by atoms with Crippen LogP contribution in [0, 0.1) is 5.21 Å². The molecule has 0 bridgehead atoms. The summed E-state index contributed by atoms with van der Waals surface area (Å²) in [4.78, 5) is 28.3. The molecule has 7 nitrogen and oxygen atoms in total. The van der Waals surface area contributed by atoms with Crippen LogP contribution in [-0.2, 0) is 29.0 Å². The summed E-state index contributed by atoms with van der Waals surface area (Å²) in [5, 5.41) is 15.4. The van der Waals surface area contributed by atoms with Crippen LogP contribution in [0.3, 0.4) is 0 Å². The molecule has 1 aliphatic heterocycles. The van der Waals surface area contributed by atoms with Gasteiger partial charge in [-0.2, -0.15) is 4.73 Å². The summed E-state index contributed by atoms with van der Waals surface area (Å²) in [7, 11) is 0. The van der Waals surface area contributed by atoms with Crippen LogP contribution in [0.4, 0.5) is 5.00 Å². The molecule has 1 aromatic carbocycles. The number of carbonyl (C=O) groups is 2. The molecule has 34 heavy (non-hydrogen) atoms. The minimum atomic E-state index is -0.517. The topological polar surface area (TPSA) is 86.8 Å². The second kappa shape index (κ2) is 11.0. The zero-order valence-corrected chi connectivity index (χ0v) is 20.8. The van der Waals surface area contributed by atoms with Crippen LogP contribution < -0.4 is 14.9 Å². The van der Waals surface area contributed by atoms with Crippen molar-refractivity contribution in [1.29, 1.82) is 0 Å². The molecule has 2 atom stereocenters. The van der Waals surface area contributed by atoms with E-state index in [1.165, 1.54) is 39.8 Å². The van der Waals surface area contributed by atoms with Crippen LogP contribution in [0.1, 0.15) is 40.2 Å². The highest BCUT2D eigenvalue weighted by molar-refractivity contribution is 8.00. The van der Waals surface area contributed by atoms with Crippen molar-refractivity contribution in [3.63, 3.8) is 0 Å². The normalized spacial score (nSPS) is 15.9. The van der Waals surface area contributed by atoms with Crippen LogP contribution in [0.5, 0.6) is 0 Å². The van der Waals surface area contributed by atoms with E-state index in [0.29, 0.717) is 15.6 Å². The molecule has 0 aliphatic carbocycles. The van der Waals surface area contributed by atoms with Crippen LogP contribution in [0.25, 0.3) is 0 Å². The molecule has 0 radical (unpaired) electrons. The fourth-order valence-corrected chi connectivity index (χ4v) is 6.19. The molecular formula is C25H28N3O4S2+. The number of hydrogen-bond donors (Lipinski definition) is 2. The summed E-state index contributed by atoms with van der Waals surface area (Å²) in [6.45, 7) is 6.40. The third-order valence-corrected chi connectivity index (χ3v) is 7.97. The van der Waals surface area contributed by atoms with Gasteiger partial charge in [-0.15, -0.1) is 11.3 Å². The Morgan fingerprint density at radius 1 is 1.24 bits per heavy atom. The van der Waals surface area contributed by atoms with Crippen molar-refractivity contribution in [2.24, 2.45) is 0 Å². The van der Waals surface area contributed by atoms with Gasteiger partial charge in [0.1, 0.15) is 18.1 Å². The van der Waals surface area contributed by atoms with E-state index < -0.39 is 11.2 Å². The fraction of sp³-hybridized carbons (Fsp3) is 0.320. The number of amides is 1. The molecule has 4 rings (SSSR count). The minimum Gasteiger partial charge on any atom is -0.618 e. The van der Waals surface area contributed by atoms with Gasteiger partial charge in [-0.05, 0) is 37.2 Å². The van der Waals surface area contributed by atoms with Crippen molar-refractivity contribution >= 4 is 40.0 Å². The average Bonchev–Trinajstić information content (AvgIpc) is 3.18. The highest BCUT2D eigenvalue weighted by Crippen LogP contribution is 2.36. The Kier molecular flexibility index (Phi) is 7.87. The van der Waals surface area contributed by atoms with E-state index in [0.717, 1.165) is 41.2 Å². The summed E-state index contributed by atoms with van der Waals surface area (Å²) in [6, 6.07) is 15.5. The lowest BCUT2D eigenvalue weighted by Crippen LogP contribution is -3.10. The molecule has 2 N–H and O–H groups in total. The van der Waals surface area contributed by atoms with E-state index >= 15 is 0 Å². The zero-order valence-electron chi connectivity index (χ0n) is 19.2. The van der Waals surface area contributed by atoms with Crippen molar-refractivity contribution in [3.05, 3.63) is 81.5 Å². The van der Waals surface area contributed by atoms with E-state index in [9.17, 15) is 14.8 Å². The third-order valence-electron chi connectivity index (χ3n) is 5.70. The second-order valence-electron chi connectivity index (χ2n) is 8.13. The van der Waals surface area contributed by atoms with Crippen LogP contribution >= 0.6 is 23.1 Å². The zero-order chi connectivity index (χ0) is 24.1. The number of benzene rings is 1. The van der Waals surface area contributed by atoms with Crippen LogP contribution in [0.2, 0.25) is 0 Å². The monoisotopic (exact) mass is 498 g/mol. The Morgan fingerprint density at radius 3 is 2.74 bits per heavy atom. The van der Waals surface area contributed by atoms with Gasteiger partial charge in [-0.3, -0.25) is 4.79 Å². The molecule has 3 heterocycles. The number of quaternary nitrogens is 1. The first-order valence-electron chi connectivity index (χ1n) is 11.3. The average molecular weight is 499 g/mol. The van der Waals surface area contributed by atoms with E-state index in [4.69, 9.17) is 4.74 Å². The van der Waals surface area contributed by atoms with Gasteiger partial charge in [0, 0.05) is 24.1 Å². The van der Waals surface area contributed by atoms with Gasteiger partial charge >= 0.3 is 5.97 Å². The number of anilines is 1. The number of nitrogens with zero attached hydrogens (tertiary/aromatic N) is 1. The van der Waals surface area contributed by atoms with Crippen molar-refractivity contribution in [1.82, 2.24) is 0 Å². The standard InChI is InChI=1S/C25H27N3O4S2/c1-3-32-25(30)22-19-12-14-27(15-18-9-5-4-6-10-18)16-20(19)34-24(22)26-23(29)17(2)33-21-11-7-8-13-28(21)31/h4-11,13,17H,3,12,14-16H2,1-2H3,(H,26,29)/p+1/t17-/m0/s1. The number of carbonyl (C=O) groups excluding carboxylic acids is 2. The minimum absolute atomic E-state index is 0.258. The molecule has 1 unspecified atom stereocenters. The first kappa shape index (κ1) is 24.3. The lowest BCUT2D eigenvalue weighted by atomic mass is 10.0. The lowest BCUT2D eigenvalue weighted by molar-refractivity contribution is -0.929. The van der Waals surface area contributed by atoms with Gasteiger partial charge in [0.2, 0.25) is 5.91 Å². The van der Waals surface area contributed by atoms with Gasteiger partial charge in [-0.1, -0.05) is 30.3 Å². The number of aromatic nitrogens is 1. The van der Waals surface area contributed by atoms with E-state index in [2.05, 4.69) is 17.4 Å². The summed E-state index contributed by atoms with van der Waals surface area (Å²) < 4.78 is 6.07. The number of rotatable bonds is 8. The maximum atomic E-state index is 13.0. The number of hydrogen-bond acceptors (Lipinski definition) is 6. The molecule has 1 aliphatic rings. The number of ether oxygens (including phenoxy) is 1. The molecular weight excluding hydrogens is 470 g/mol. The van der Waals surface area contributed by atoms with E-state index in [1.807, 2.05) is 18.2 Å². The summed E-state index contributed by atoms with van der Waals surface area (Å²) in [5.41, 5.74) is 2.74. The molecule has 2 aromatic heterocycles. The Labute approximate surface area is 207 Å². The molecule has 1 amide bonds. The second-order valence-corrected chi connectivity index (χ2v) is 10.6. The number of fused-ring (bicyclic) bond motifs is 1. The quantitative estimate of drug-likeness (QED) is 0.216. The Hall–Kier alpha value is -2.88. The van der Waals surface area contributed by atoms with Crippen LogP contribution in [-0.4, -0.2) is 30.3 Å².